The zero-order valence-corrected chi connectivity index (χ0v) is 6.11. The third kappa shape index (κ3) is 3.85. The van der Waals surface area contributed by atoms with Crippen LogP contribution in [0.5, 0.6) is 0 Å². The lowest BCUT2D eigenvalue weighted by Crippen LogP contribution is -2.37. The van der Waals surface area contributed by atoms with Crippen LogP contribution in [0.15, 0.2) is 0 Å². The largest absolute Gasteiger partial charge is 0.487 e. The minimum atomic E-state index is -4.57. The third-order valence-corrected chi connectivity index (χ3v) is 1.15. The van der Waals surface area contributed by atoms with Crippen molar-refractivity contribution in [1.29, 1.82) is 0 Å². The van der Waals surface area contributed by atoms with E-state index >= 15 is 0 Å². The van der Waals surface area contributed by atoms with Crippen molar-refractivity contribution in [2.75, 3.05) is 6.54 Å². The summed E-state index contributed by atoms with van der Waals surface area (Å²) in [6, 6.07) is 0. The van der Waals surface area contributed by atoms with Gasteiger partial charge in [0, 0.05) is 6.54 Å². The van der Waals surface area contributed by atoms with Gasteiger partial charge in [-0.1, -0.05) is 13.3 Å². The summed E-state index contributed by atoms with van der Waals surface area (Å²) in [4.78, 5) is 9.46. The van der Waals surface area contributed by atoms with Crippen LogP contribution in [0.4, 0.5) is 13.2 Å². The second kappa shape index (κ2) is 4.20. The molecule has 0 saturated carbocycles. The quantitative estimate of drug-likeness (QED) is 0.462. The van der Waals surface area contributed by atoms with Crippen molar-refractivity contribution in [3.8, 4) is 0 Å². The van der Waals surface area contributed by atoms with E-state index in [1.165, 1.54) is 0 Å². The standard InChI is InChI=1S/C6H9F3NO/c1-2-3-4-10(5-11)6(7,8)9/h2-4H2,1H3. The molecule has 1 amide bonds. The van der Waals surface area contributed by atoms with Crippen LogP contribution < -0.4 is 0 Å². The van der Waals surface area contributed by atoms with Gasteiger partial charge in [-0.15, -0.1) is 13.2 Å². The molecule has 0 aromatic carbocycles. The lowest BCUT2D eigenvalue weighted by Gasteiger charge is -2.18. The van der Waals surface area contributed by atoms with Gasteiger partial charge in [-0.3, -0.25) is 4.79 Å². The number of unbranched alkanes of at least 4 members (excludes halogenated alkanes) is 1. The SMILES string of the molecule is CCCCN([C]=O)C(F)(F)F. The molecular formula is C6H9F3NO. The summed E-state index contributed by atoms with van der Waals surface area (Å²) in [5.74, 6) is 0. The Hall–Kier alpha value is -0.740. The molecule has 0 aromatic rings. The zero-order chi connectivity index (χ0) is 8.91. The van der Waals surface area contributed by atoms with E-state index in [0.717, 1.165) is 6.41 Å². The maximum absolute atomic E-state index is 11.7. The highest BCUT2D eigenvalue weighted by molar-refractivity contribution is 5.48. The van der Waals surface area contributed by atoms with E-state index in [4.69, 9.17) is 0 Å². The molecule has 0 aromatic heterocycles. The normalized spacial score (nSPS) is 11.3. The number of nitrogens with zero attached hydrogens (tertiary/aromatic N) is 1. The summed E-state index contributed by atoms with van der Waals surface area (Å²) >= 11 is 0. The summed E-state index contributed by atoms with van der Waals surface area (Å²) in [7, 11) is 0. The Morgan fingerprint density at radius 3 is 2.27 bits per heavy atom. The molecule has 2 nitrogen and oxygen atoms in total. The van der Waals surface area contributed by atoms with E-state index in [2.05, 4.69) is 0 Å². The number of alkyl halides is 3. The topological polar surface area (TPSA) is 20.3 Å². The van der Waals surface area contributed by atoms with Gasteiger partial charge in [-0.2, -0.15) is 0 Å². The minimum Gasteiger partial charge on any atom is -0.263 e. The number of amides is 1. The third-order valence-electron chi connectivity index (χ3n) is 1.15. The average molecular weight is 168 g/mol. The average Bonchev–Trinajstić information content (AvgIpc) is 1.87. The van der Waals surface area contributed by atoms with Crippen LogP contribution in [0.2, 0.25) is 0 Å². The van der Waals surface area contributed by atoms with Crippen molar-refractivity contribution in [3.05, 3.63) is 0 Å². The molecule has 5 heteroatoms. The number of hydrogen-bond donors (Lipinski definition) is 0. The molecule has 0 fully saturated rings. The van der Waals surface area contributed by atoms with Crippen LogP contribution in [-0.4, -0.2) is 24.2 Å². The summed E-state index contributed by atoms with van der Waals surface area (Å²) in [6.45, 7) is 1.45. The first-order chi connectivity index (χ1) is 5.02. The van der Waals surface area contributed by atoms with Crippen LogP contribution in [0.25, 0.3) is 0 Å². The maximum Gasteiger partial charge on any atom is 0.487 e. The maximum atomic E-state index is 11.7. The van der Waals surface area contributed by atoms with Crippen LogP contribution in [-0.2, 0) is 4.79 Å². The molecule has 65 valence electrons. The van der Waals surface area contributed by atoms with E-state index in [9.17, 15) is 18.0 Å². The second-order valence-corrected chi connectivity index (χ2v) is 2.06. The van der Waals surface area contributed by atoms with Crippen molar-refractivity contribution in [2.24, 2.45) is 0 Å². The predicted molar refractivity (Wildman–Crippen MR) is 33.4 cm³/mol. The van der Waals surface area contributed by atoms with Crippen molar-refractivity contribution in [2.45, 2.75) is 26.1 Å². The monoisotopic (exact) mass is 168 g/mol. The molecule has 0 atom stereocenters. The number of rotatable bonds is 4. The van der Waals surface area contributed by atoms with Crippen LogP contribution in [0.3, 0.4) is 0 Å². The van der Waals surface area contributed by atoms with Crippen LogP contribution in [0, 0.1) is 0 Å². The smallest absolute Gasteiger partial charge is 0.263 e. The van der Waals surface area contributed by atoms with Gasteiger partial charge >= 0.3 is 12.7 Å². The van der Waals surface area contributed by atoms with E-state index < -0.39 is 6.30 Å². The molecule has 11 heavy (non-hydrogen) atoms. The van der Waals surface area contributed by atoms with Crippen molar-refractivity contribution in [1.82, 2.24) is 4.90 Å². The van der Waals surface area contributed by atoms with Gasteiger partial charge in [-0.25, -0.2) is 4.90 Å². The Balaban J connectivity index is 3.86. The van der Waals surface area contributed by atoms with Gasteiger partial charge in [0.05, 0.1) is 0 Å². The van der Waals surface area contributed by atoms with Gasteiger partial charge < -0.3 is 0 Å². The molecule has 1 radical (unpaired) electrons. The fraction of sp³-hybridized carbons (Fsp3) is 0.833. The molecule has 0 aliphatic carbocycles. The Kier molecular flexibility index (Phi) is 3.92. The predicted octanol–water partition coefficient (Wildman–Crippen LogP) is 1.68. The lowest BCUT2D eigenvalue weighted by atomic mass is 10.3. The fourth-order valence-corrected chi connectivity index (χ4v) is 0.540. The molecular weight excluding hydrogens is 159 g/mol. The molecule has 0 spiro atoms. The minimum absolute atomic E-state index is 0.281. The second-order valence-electron chi connectivity index (χ2n) is 2.06. The molecule has 0 saturated heterocycles. The van der Waals surface area contributed by atoms with Crippen LogP contribution >= 0.6 is 0 Å². The summed E-state index contributed by atoms with van der Waals surface area (Å²) in [6.07, 6.45) is -2.78. The van der Waals surface area contributed by atoms with Gasteiger partial charge in [0.2, 0.25) is 0 Å². The first-order valence-corrected chi connectivity index (χ1v) is 3.24. The van der Waals surface area contributed by atoms with Gasteiger partial charge in [-0.05, 0) is 6.42 Å². The van der Waals surface area contributed by atoms with E-state index in [0.29, 0.717) is 12.8 Å². The zero-order valence-electron chi connectivity index (χ0n) is 6.11. The van der Waals surface area contributed by atoms with Gasteiger partial charge in [0.15, 0.2) is 0 Å². The molecule has 0 heterocycles. The van der Waals surface area contributed by atoms with E-state index in [-0.39, 0.29) is 11.4 Å². The molecule has 0 aliphatic rings. The Bertz CT molecular complexity index is 123. The van der Waals surface area contributed by atoms with E-state index in [1.807, 2.05) is 0 Å². The molecule has 0 rings (SSSR count). The van der Waals surface area contributed by atoms with Crippen molar-refractivity contribution < 1.29 is 18.0 Å². The highest BCUT2D eigenvalue weighted by atomic mass is 19.4. The molecule has 0 unspecified atom stereocenters. The van der Waals surface area contributed by atoms with E-state index in [1.54, 1.807) is 6.92 Å². The molecule has 0 bridgehead atoms. The highest BCUT2D eigenvalue weighted by Crippen LogP contribution is 2.19. The number of carbonyl (C=O) groups excluding carboxylic acids is 1. The van der Waals surface area contributed by atoms with Gasteiger partial charge in [0.1, 0.15) is 0 Å². The Morgan fingerprint density at radius 1 is 1.45 bits per heavy atom. The summed E-state index contributed by atoms with van der Waals surface area (Å²) in [5, 5.41) is 0. The Morgan fingerprint density at radius 2 is 2.00 bits per heavy atom. The fourth-order valence-electron chi connectivity index (χ4n) is 0.540. The molecule has 0 aliphatic heterocycles. The number of halogens is 3. The lowest BCUT2D eigenvalue weighted by molar-refractivity contribution is -0.217. The Labute approximate surface area is 63.0 Å². The summed E-state index contributed by atoms with van der Waals surface area (Å²) in [5.41, 5.74) is 0. The summed E-state index contributed by atoms with van der Waals surface area (Å²) < 4.78 is 35.1. The van der Waals surface area contributed by atoms with Crippen LogP contribution in [0.1, 0.15) is 19.8 Å². The van der Waals surface area contributed by atoms with Gasteiger partial charge in [0.25, 0.3) is 0 Å². The van der Waals surface area contributed by atoms with Crippen molar-refractivity contribution >= 4 is 6.41 Å². The first kappa shape index (κ1) is 10.3. The first-order valence-electron chi connectivity index (χ1n) is 3.24. The highest BCUT2D eigenvalue weighted by Gasteiger charge is 2.36. The number of hydrogen-bond acceptors (Lipinski definition) is 1. The van der Waals surface area contributed by atoms with Crippen molar-refractivity contribution in [3.63, 3.8) is 0 Å². The molecule has 0 N–H and O–H groups in total.